The van der Waals surface area contributed by atoms with Crippen molar-refractivity contribution in [1.29, 1.82) is 0 Å². The SMILES string of the molecule is Cc1nn2cnnc2c(NCCC2CCN(C(C)C)CC2)c1C. The van der Waals surface area contributed by atoms with E-state index in [0.29, 0.717) is 6.04 Å². The van der Waals surface area contributed by atoms with Crippen molar-refractivity contribution >= 4 is 11.3 Å². The Morgan fingerprint density at radius 1 is 1.26 bits per heavy atom. The zero-order chi connectivity index (χ0) is 16.4. The molecule has 6 heteroatoms. The maximum atomic E-state index is 4.46. The van der Waals surface area contributed by atoms with Gasteiger partial charge < -0.3 is 10.2 Å². The van der Waals surface area contributed by atoms with E-state index in [9.17, 15) is 0 Å². The molecule has 1 N–H and O–H groups in total. The zero-order valence-electron chi connectivity index (χ0n) is 14.7. The second-order valence-corrected chi connectivity index (χ2v) is 6.97. The molecule has 0 saturated carbocycles. The van der Waals surface area contributed by atoms with Crippen molar-refractivity contribution in [1.82, 2.24) is 24.7 Å². The van der Waals surface area contributed by atoms with Crippen molar-refractivity contribution in [2.24, 2.45) is 5.92 Å². The summed E-state index contributed by atoms with van der Waals surface area (Å²) in [6, 6.07) is 0.678. The highest BCUT2D eigenvalue weighted by molar-refractivity contribution is 5.71. The number of piperidine rings is 1. The highest BCUT2D eigenvalue weighted by Crippen LogP contribution is 2.24. The fraction of sp³-hybridized carbons (Fsp3) is 0.706. The minimum Gasteiger partial charge on any atom is -0.382 e. The molecular formula is C17H28N6. The molecule has 2 aromatic heterocycles. The van der Waals surface area contributed by atoms with Gasteiger partial charge in [0.25, 0.3) is 0 Å². The van der Waals surface area contributed by atoms with E-state index in [2.05, 4.69) is 46.3 Å². The molecular weight excluding hydrogens is 288 g/mol. The minimum absolute atomic E-state index is 0.678. The summed E-state index contributed by atoms with van der Waals surface area (Å²) in [4.78, 5) is 2.58. The average Bonchev–Trinajstić information content (AvgIpc) is 2.99. The van der Waals surface area contributed by atoms with E-state index >= 15 is 0 Å². The van der Waals surface area contributed by atoms with E-state index in [0.717, 1.165) is 29.5 Å². The summed E-state index contributed by atoms with van der Waals surface area (Å²) in [6.07, 6.45) is 5.50. The second kappa shape index (κ2) is 6.83. The number of nitrogens with one attached hydrogen (secondary N) is 1. The van der Waals surface area contributed by atoms with Crippen LogP contribution in [0.2, 0.25) is 0 Å². The van der Waals surface area contributed by atoms with Crippen molar-refractivity contribution in [3.63, 3.8) is 0 Å². The van der Waals surface area contributed by atoms with Crippen LogP contribution in [0.25, 0.3) is 5.65 Å². The third kappa shape index (κ3) is 3.47. The lowest BCUT2D eigenvalue weighted by molar-refractivity contribution is 0.147. The Morgan fingerprint density at radius 2 is 2.00 bits per heavy atom. The molecule has 0 aromatic carbocycles. The van der Waals surface area contributed by atoms with Gasteiger partial charge in [-0.25, -0.2) is 0 Å². The van der Waals surface area contributed by atoms with Gasteiger partial charge in [-0.15, -0.1) is 10.2 Å². The number of aromatic nitrogens is 4. The first-order valence-electron chi connectivity index (χ1n) is 8.71. The molecule has 126 valence electrons. The molecule has 2 aromatic rings. The molecule has 1 saturated heterocycles. The Kier molecular flexibility index (Phi) is 4.80. The summed E-state index contributed by atoms with van der Waals surface area (Å²) < 4.78 is 1.76. The summed E-state index contributed by atoms with van der Waals surface area (Å²) in [6.45, 7) is 12.2. The number of fused-ring (bicyclic) bond motifs is 1. The molecule has 0 bridgehead atoms. The van der Waals surface area contributed by atoms with E-state index < -0.39 is 0 Å². The summed E-state index contributed by atoms with van der Waals surface area (Å²) in [5.41, 5.74) is 4.09. The maximum absolute atomic E-state index is 4.46. The Labute approximate surface area is 138 Å². The van der Waals surface area contributed by atoms with Crippen LogP contribution in [0.5, 0.6) is 0 Å². The molecule has 0 aliphatic carbocycles. The van der Waals surface area contributed by atoms with Gasteiger partial charge in [0.15, 0.2) is 0 Å². The number of rotatable bonds is 5. The van der Waals surface area contributed by atoms with E-state index in [1.807, 2.05) is 6.92 Å². The lowest BCUT2D eigenvalue weighted by Crippen LogP contribution is -2.38. The van der Waals surface area contributed by atoms with Gasteiger partial charge in [-0.05, 0) is 71.5 Å². The molecule has 3 heterocycles. The molecule has 0 unspecified atom stereocenters. The quantitative estimate of drug-likeness (QED) is 0.919. The number of anilines is 1. The molecule has 0 atom stereocenters. The average molecular weight is 316 g/mol. The summed E-state index contributed by atoms with van der Waals surface area (Å²) >= 11 is 0. The molecule has 3 rings (SSSR count). The van der Waals surface area contributed by atoms with Gasteiger partial charge in [-0.2, -0.15) is 9.61 Å². The number of hydrogen-bond acceptors (Lipinski definition) is 5. The van der Waals surface area contributed by atoms with Gasteiger partial charge in [0.1, 0.15) is 6.33 Å². The number of nitrogens with zero attached hydrogens (tertiary/aromatic N) is 5. The standard InChI is InChI=1S/C17H28N6/c1-12(2)22-9-6-15(7-10-22)5-8-18-16-13(3)14(4)21-23-11-19-20-17(16)23/h11-12,15,18H,5-10H2,1-4H3. The topological polar surface area (TPSA) is 58.4 Å². The van der Waals surface area contributed by atoms with Crippen LogP contribution in [-0.4, -0.2) is 50.4 Å². The molecule has 6 nitrogen and oxygen atoms in total. The van der Waals surface area contributed by atoms with Gasteiger partial charge in [0, 0.05) is 12.6 Å². The minimum atomic E-state index is 0.678. The van der Waals surface area contributed by atoms with E-state index in [1.54, 1.807) is 10.8 Å². The van der Waals surface area contributed by atoms with E-state index in [4.69, 9.17) is 0 Å². The second-order valence-electron chi connectivity index (χ2n) is 6.97. The Hall–Kier alpha value is -1.69. The van der Waals surface area contributed by atoms with Gasteiger partial charge in [0.2, 0.25) is 5.65 Å². The Balaban J connectivity index is 1.58. The van der Waals surface area contributed by atoms with Crippen molar-refractivity contribution in [3.05, 3.63) is 17.6 Å². The van der Waals surface area contributed by atoms with Crippen LogP contribution in [0.3, 0.4) is 0 Å². The zero-order valence-corrected chi connectivity index (χ0v) is 14.7. The van der Waals surface area contributed by atoms with Crippen LogP contribution in [0.1, 0.15) is 44.4 Å². The fourth-order valence-electron chi connectivity index (χ4n) is 3.42. The highest BCUT2D eigenvalue weighted by atomic mass is 15.3. The van der Waals surface area contributed by atoms with Crippen LogP contribution in [-0.2, 0) is 0 Å². The Bertz CT molecular complexity index is 654. The lowest BCUT2D eigenvalue weighted by atomic mass is 9.93. The van der Waals surface area contributed by atoms with Crippen molar-refractivity contribution < 1.29 is 0 Å². The lowest BCUT2D eigenvalue weighted by Gasteiger charge is -2.34. The highest BCUT2D eigenvalue weighted by Gasteiger charge is 2.20. The third-order valence-electron chi connectivity index (χ3n) is 5.16. The van der Waals surface area contributed by atoms with E-state index in [1.165, 1.54) is 37.9 Å². The van der Waals surface area contributed by atoms with Crippen molar-refractivity contribution in [3.8, 4) is 0 Å². The molecule has 0 radical (unpaired) electrons. The van der Waals surface area contributed by atoms with Crippen LogP contribution in [0.4, 0.5) is 5.69 Å². The van der Waals surface area contributed by atoms with Crippen LogP contribution in [0, 0.1) is 19.8 Å². The van der Waals surface area contributed by atoms with E-state index in [-0.39, 0.29) is 0 Å². The number of likely N-dealkylation sites (tertiary alicyclic amines) is 1. The summed E-state index contributed by atoms with van der Waals surface area (Å²) in [5, 5.41) is 16.2. The normalized spacial score (nSPS) is 17.3. The molecule has 0 amide bonds. The first kappa shape index (κ1) is 16.2. The summed E-state index contributed by atoms with van der Waals surface area (Å²) in [7, 11) is 0. The van der Waals surface area contributed by atoms with Crippen molar-refractivity contribution in [2.75, 3.05) is 25.0 Å². The van der Waals surface area contributed by atoms with Gasteiger partial charge >= 0.3 is 0 Å². The third-order valence-corrected chi connectivity index (χ3v) is 5.16. The predicted molar refractivity (Wildman–Crippen MR) is 92.8 cm³/mol. The fourth-order valence-corrected chi connectivity index (χ4v) is 3.42. The van der Waals surface area contributed by atoms with Crippen LogP contribution in [0.15, 0.2) is 6.33 Å². The largest absolute Gasteiger partial charge is 0.382 e. The first-order valence-corrected chi connectivity index (χ1v) is 8.71. The predicted octanol–water partition coefficient (Wildman–Crippen LogP) is 2.66. The van der Waals surface area contributed by atoms with Gasteiger partial charge in [-0.1, -0.05) is 0 Å². The number of hydrogen-bond donors (Lipinski definition) is 1. The van der Waals surface area contributed by atoms with Crippen LogP contribution < -0.4 is 5.32 Å². The molecule has 23 heavy (non-hydrogen) atoms. The molecule has 0 spiro atoms. The maximum Gasteiger partial charge on any atom is 0.200 e. The van der Waals surface area contributed by atoms with Gasteiger partial charge in [-0.3, -0.25) is 0 Å². The number of aryl methyl sites for hydroxylation is 1. The van der Waals surface area contributed by atoms with Crippen LogP contribution >= 0.6 is 0 Å². The van der Waals surface area contributed by atoms with Crippen molar-refractivity contribution in [2.45, 2.75) is 53.0 Å². The smallest absolute Gasteiger partial charge is 0.200 e. The molecule has 1 fully saturated rings. The van der Waals surface area contributed by atoms with Gasteiger partial charge in [0.05, 0.1) is 11.4 Å². The Morgan fingerprint density at radius 3 is 2.70 bits per heavy atom. The first-order chi connectivity index (χ1) is 11.1. The molecule has 1 aliphatic heterocycles. The monoisotopic (exact) mass is 316 g/mol. The summed E-state index contributed by atoms with van der Waals surface area (Å²) in [5.74, 6) is 0.828. The molecule has 1 aliphatic rings.